The van der Waals surface area contributed by atoms with Crippen LogP contribution in [0.1, 0.15) is 19.3 Å². The summed E-state index contributed by atoms with van der Waals surface area (Å²) in [5, 5.41) is 5.12. The van der Waals surface area contributed by atoms with Crippen LogP contribution in [-0.2, 0) is 9.59 Å². The Labute approximate surface area is 122 Å². The number of likely N-dealkylation sites (tertiary alicyclic amines) is 1. The molecule has 0 spiro atoms. The van der Waals surface area contributed by atoms with Crippen LogP contribution in [0.5, 0.6) is 0 Å². The van der Waals surface area contributed by atoms with Gasteiger partial charge in [0.25, 0.3) is 5.92 Å². The fourth-order valence-corrected chi connectivity index (χ4v) is 2.71. The molecule has 2 atom stereocenters. The number of carbonyl (C=O) groups is 2. The fraction of sp³-hybridized carbons (Fsp3) is 0.833. The quantitative estimate of drug-likeness (QED) is 0.775. The maximum atomic E-state index is 13.1. The molecular formula is C12H20ClF2N3O2. The third kappa shape index (κ3) is 3.79. The van der Waals surface area contributed by atoms with Crippen LogP contribution >= 0.6 is 12.4 Å². The van der Waals surface area contributed by atoms with E-state index in [2.05, 4.69) is 10.6 Å². The summed E-state index contributed by atoms with van der Waals surface area (Å²) in [6.45, 7) is 0.411. The first kappa shape index (κ1) is 17.1. The molecule has 2 heterocycles. The first-order valence-electron chi connectivity index (χ1n) is 6.54. The predicted molar refractivity (Wildman–Crippen MR) is 72.0 cm³/mol. The molecule has 2 rings (SSSR count). The van der Waals surface area contributed by atoms with E-state index in [-0.39, 0.29) is 30.1 Å². The van der Waals surface area contributed by atoms with Gasteiger partial charge in [0.1, 0.15) is 0 Å². The van der Waals surface area contributed by atoms with Crippen molar-refractivity contribution < 1.29 is 18.4 Å². The lowest BCUT2D eigenvalue weighted by molar-refractivity contribution is -0.137. The molecule has 0 aliphatic carbocycles. The first-order chi connectivity index (χ1) is 8.93. The average Bonchev–Trinajstić information content (AvgIpc) is 2.77. The van der Waals surface area contributed by atoms with Crippen molar-refractivity contribution in [3.05, 3.63) is 0 Å². The summed E-state index contributed by atoms with van der Waals surface area (Å²) >= 11 is 0. The van der Waals surface area contributed by atoms with Gasteiger partial charge in [-0.05, 0) is 12.8 Å². The van der Waals surface area contributed by atoms with Crippen LogP contribution in [0.3, 0.4) is 0 Å². The smallest absolute Gasteiger partial charge is 0.262 e. The predicted octanol–water partition coefficient (Wildman–Crippen LogP) is 0.390. The third-order valence-corrected chi connectivity index (χ3v) is 3.76. The van der Waals surface area contributed by atoms with Crippen molar-refractivity contribution in [2.24, 2.45) is 5.92 Å². The van der Waals surface area contributed by atoms with Gasteiger partial charge >= 0.3 is 0 Å². The minimum atomic E-state index is -2.81. The van der Waals surface area contributed by atoms with Crippen LogP contribution in [-0.4, -0.2) is 55.4 Å². The summed E-state index contributed by atoms with van der Waals surface area (Å²) in [4.78, 5) is 25.2. The largest absolute Gasteiger partial charge is 0.359 e. The maximum absolute atomic E-state index is 13.1. The van der Waals surface area contributed by atoms with Gasteiger partial charge in [-0.3, -0.25) is 14.9 Å². The minimum Gasteiger partial charge on any atom is -0.359 e. The Morgan fingerprint density at radius 3 is 2.65 bits per heavy atom. The second kappa shape index (κ2) is 6.67. The molecule has 8 heteroatoms. The summed E-state index contributed by atoms with van der Waals surface area (Å²) in [6.07, 6.45) is 1.01. The van der Waals surface area contributed by atoms with E-state index in [1.807, 2.05) is 0 Å². The lowest BCUT2D eigenvalue weighted by Crippen LogP contribution is -2.50. The van der Waals surface area contributed by atoms with Crippen molar-refractivity contribution in [2.45, 2.75) is 31.2 Å². The van der Waals surface area contributed by atoms with Gasteiger partial charge in [-0.25, -0.2) is 8.78 Å². The van der Waals surface area contributed by atoms with E-state index in [0.717, 1.165) is 12.8 Å². The normalized spacial score (nSPS) is 28.6. The van der Waals surface area contributed by atoms with Crippen LogP contribution in [0, 0.1) is 5.92 Å². The molecule has 2 N–H and O–H groups in total. The van der Waals surface area contributed by atoms with Crippen molar-refractivity contribution >= 4 is 24.2 Å². The fourth-order valence-electron chi connectivity index (χ4n) is 2.71. The summed E-state index contributed by atoms with van der Waals surface area (Å²) in [6, 6.07) is -0.821. The number of piperidine rings is 1. The minimum absolute atomic E-state index is 0. The number of alkyl halides is 2. The van der Waals surface area contributed by atoms with Crippen LogP contribution in [0.25, 0.3) is 0 Å². The molecule has 20 heavy (non-hydrogen) atoms. The lowest BCUT2D eigenvalue weighted by atomic mass is 9.96. The standard InChI is InChI=1S/C12H19F2N3O2.ClH/c1-15-10(18)8-3-2-4-17(6-8)11(19)9-5-12(13,14)7-16-9;/h8-9,16H,2-7H2,1H3,(H,15,18);1H. The van der Waals surface area contributed by atoms with Gasteiger partial charge < -0.3 is 10.2 Å². The van der Waals surface area contributed by atoms with Crippen molar-refractivity contribution in [3.8, 4) is 0 Å². The molecule has 0 radical (unpaired) electrons. The molecule has 5 nitrogen and oxygen atoms in total. The van der Waals surface area contributed by atoms with E-state index in [0.29, 0.717) is 13.1 Å². The highest BCUT2D eigenvalue weighted by molar-refractivity contribution is 5.85. The van der Waals surface area contributed by atoms with Crippen molar-refractivity contribution in [1.82, 2.24) is 15.5 Å². The number of amides is 2. The van der Waals surface area contributed by atoms with Crippen LogP contribution in [0.4, 0.5) is 8.78 Å². The number of halogens is 3. The number of nitrogens with one attached hydrogen (secondary N) is 2. The zero-order valence-corrected chi connectivity index (χ0v) is 12.1. The van der Waals surface area contributed by atoms with Gasteiger partial charge in [-0.15, -0.1) is 12.4 Å². The number of carbonyl (C=O) groups excluding carboxylic acids is 2. The van der Waals surface area contributed by atoms with Gasteiger partial charge in [0.2, 0.25) is 11.8 Å². The molecule has 2 amide bonds. The van der Waals surface area contributed by atoms with E-state index < -0.39 is 24.9 Å². The van der Waals surface area contributed by atoms with Crippen molar-refractivity contribution in [2.75, 3.05) is 26.7 Å². The zero-order valence-electron chi connectivity index (χ0n) is 11.3. The highest BCUT2D eigenvalue weighted by Gasteiger charge is 2.44. The molecule has 0 saturated carbocycles. The van der Waals surface area contributed by atoms with E-state index in [1.54, 1.807) is 7.05 Å². The zero-order chi connectivity index (χ0) is 14.0. The Hall–Kier alpha value is -0.950. The second-order valence-corrected chi connectivity index (χ2v) is 5.23. The molecule has 0 aromatic heterocycles. The molecule has 0 aromatic carbocycles. The van der Waals surface area contributed by atoms with Gasteiger partial charge in [0.05, 0.1) is 18.5 Å². The second-order valence-electron chi connectivity index (χ2n) is 5.23. The number of rotatable bonds is 2. The SMILES string of the molecule is CNC(=O)C1CCCN(C(=O)C2CC(F)(F)CN2)C1.Cl. The molecular weight excluding hydrogens is 292 g/mol. The van der Waals surface area contributed by atoms with Crippen molar-refractivity contribution in [3.63, 3.8) is 0 Å². The average molecular weight is 312 g/mol. The number of nitrogens with zero attached hydrogens (tertiary/aromatic N) is 1. The van der Waals surface area contributed by atoms with Gasteiger partial charge in [0.15, 0.2) is 0 Å². The summed E-state index contributed by atoms with van der Waals surface area (Å²) < 4.78 is 26.2. The van der Waals surface area contributed by atoms with E-state index in [4.69, 9.17) is 0 Å². The molecule has 2 unspecified atom stereocenters. The molecule has 116 valence electrons. The Kier molecular flexibility index (Phi) is 5.70. The summed E-state index contributed by atoms with van der Waals surface area (Å²) in [7, 11) is 1.56. The topological polar surface area (TPSA) is 61.4 Å². The maximum Gasteiger partial charge on any atom is 0.262 e. The van der Waals surface area contributed by atoms with E-state index >= 15 is 0 Å². The third-order valence-electron chi connectivity index (χ3n) is 3.76. The van der Waals surface area contributed by atoms with Crippen LogP contribution in [0.15, 0.2) is 0 Å². The molecule has 0 aromatic rings. The molecule has 0 bridgehead atoms. The van der Waals surface area contributed by atoms with Gasteiger partial charge in [-0.2, -0.15) is 0 Å². The van der Waals surface area contributed by atoms with Crippen molar-refractivity contribution in [1.29, 1.82) is 0 Å². The van der Waals surface area contributed by atoms with Crippen LogP contribution < -0.4 is 10.6 Å². The molecule has 2 aliphatic rings. The van der Waals surface area contributed by atoms with E-state index in [9.17, 15) is 18.4 Å². The van der Waals surface area contributed by atoms with Gasteiger partial charge in [-0.1, -0.05) is 0 Å². The Morgan fingerprint density at radius 2 is 2.10 bits per heavy atom. The summed E-state index contributed by atoms with van der Waals surface area (Å²) in [5.74, 6) is -3.45. The molecule has 2 saturated heterocycles. The monoisotopic (exact) mass is 311 g/mol. The Bertz CT molecular complexity index is 382. The first-order valence-corrected chi connectivity index (χ1v) is 6.54. The number of hydrogen-bond acceptors (Lipinski definition) is 3. The van der Waals surface area contributed by atoms with E-state index in [1.165, 1.54) is 4.90 Å². The lowest BCUT2D eigenvalue weighted by Gasteiger charge is -2.33. The molecule has 2 fully saturated rings. The number of hydrogen-bond donors (Lipinski definition) is 2. The molecule has 2 aliphatic heterocycles. The Balaban J connectivity index is 0.00000200. The summed E-state index contributed by atoms with van der Waals surface area (Å²) in [5.41, 5.74) is 0. The Morgan fingerprint density at radius 1 is 1.40 bits per heavy atom. The highest BCUT2D eigenvalue weighted by atomic mass is 35.5. The van der Waals surface area contributed by atoms with Crippen LogP contribution in [0.2, 0.25) is 0 Å². The van der Waals surface area contributed by atoms with Gasteiger partial charge in [0, 0.05) is 26.6 Å². The highest BCUT2D eigenvalue weighted by Crippen LogP contribution is 2.27.